The highest BCUT2D eigenvalue weighted by Gasteiger charge is 2.14. The minimum atomic E-state index is 0.103. The fourth-order valence-corrected chi connectivity index (χ4v) is 5.27. The standard InChI is InChI=1S/C29H48N4S/c1-23(2)11-8-12-24(3)13-9-14-25(4)15-10-16-26(5)21-34-22-27(29-31-19-20-32-29)33-28-17-6-7-18-30-28/h6-7,17-21,23-25,27H,8-16,22H2,1-5H3,(H,30,33)(H,31,32). The molecule has 0 aliphatic heterocycles. The average molecular weight is 485 g/mol. The van der Waals surface area contributed by atoms with Crippen LogP contribution in [0.5, 0.6) is 0 Å². The number of thioether (sulfide) groups is 1. The Hall–Kier alpha value is -1.75. The number of aromatic nitrogens is 3. The second-order valence-corrected chi connectivity index (χ2v) is 11.4. The summed E-state index contributed by atoms with van der Waals surface area (Å²) in [6.07, 6.45) is 17.7. The molecule has 2 N–H and O–H groups in total. The van der Waals surface area contributed by atoms with E-state index in [1.165, 1.54) is 63.4 Å². The molecule has 190 valence electrons. The van der Waals surface area contributed by atoms with Crippen LogP contribution in [0.15, 0.2) is 47.8 Å². The number of pyridine rings is 1. The van der Waals surface area contributed by atoms with Gasteiger partial charge in [0.25, 0.3) is 0 Å². The molecule has 2 heterocycles. The molecule has 0 saturated carbocycles. The predicted molar refractivity (Wildman–Crippen MR) is 150 cm³/mol. The van der Waals surface area contributed by atoms with E-state index in [0.717, 1.165) is 35.1 Å². The maximum atomic E-state index is 4.46. The summed E-state index contributed by atoms with van der Waals surface area (Å²) < 4.78 is 0. The second kappa shape index (κ2) is 16.8. The van der Waals surface area contributed by atoms with Crippen LogP contribution in [0.2, 0.25) is 0 Å². The monoisotopic (exact) mass is 484 g/mol. The van der Waals surface area contributed by atoms with Gasteiger partial charge in [0.15, 0.2) is 0 Å². The number of allylic oxidation sites excluding steroid dienone is 1. The molecule has 0 aromatic carbocycles. The number of nitrogens with zero attached hydrogens (tertiary/aromatic N) is 2. The molecule has 4 nitrogen and oxygen atoms in total. The van der Waals surface area contributed by atoms with E-state index in [1.54, 1.807) is 0 Å². The zero-order valence-corrected chi connectivity index (χ0v) is 23.0. The zero-order valence-electron chi connectivity index (χ0n) is 22.2. The SMILES string of the molecule is CC(=CSCC(Nc1ccccn1)c1ncc[nH]1)CCCC(C)CCCC(C)CCCC(C)C. The van der Waals surface area contributed by atoms with Crippen LogP contribution < -0.4 is 5.32 Å². The molecule has 0 aliphatic carbocycles. The maximum Gasteiger partial charge on any atom is 0.129 e. The summed E-state index contributed by atoms with van der Waals surface area (Å²) in [6.45, 7) is 11.8. The van der Waals surface area contributed by atoms with Crippen LogP contribution in [0.25, 0.3) is 0 Å². The van der Waals surface area contributed by atoms with Crippen molar-refractivity contribution < 1.29 is 0 Å². The summed E-state index contributed by atoms with van der Waals surface area (Å²) >= 11 is 1.86. The molecule has 0 aliphatic rings. The molecule has 34 heavy (non-hydrogen) atoms. The smallest absolute Gasteiger partial charge is 0.129 e. The number of anilines is 1. The van der Waals surface area contributed by atoms with Crippen molar-refractivity contribution in [1.82, 2.24) is 15.0 Å². The van der Waals surface area contributed by atoms with E-state index in [-0.39, 0.29) is 6.04 Å². The lowest BCUT2D eigenvalue weighted by atomic mass is 9.91. The normalized spacial score (nSPS) is 14.8. The van der Waals surface area contributed by atoms with E-state index in [1.807, 2.05) is 48.6 Å². The summed E-state index contributed by atoms with van der Waals surface area (Å²) in [5, 5.41) is 5.83. The molecule has 0 amide bonds. The molecule has 5 heteroatoms. The van der Waals surface area contributed by atoms with Crippen LogP contribution in [0.4, 0.5) is 5.82 Å². The molecule has 0 spiro atoms. The third-order valence-corrected chi connectivity index (χ3v) is 7.62. The van der Waals surface area contributed by atoms with Crippen molar-refractivity contribution >= 4 is 17.6 Å². The Morgan fingerprint density at radius 3 is 2.26 bits per heavy atom. The first-order valence-corrected chi connectivity index (χ1v) is 14.4. The van der Waals surface area contributed by atoms with E-state index in [2.05, 4.69) is 60.3 Å². The van der Waals surface area contributed by atoms with E-state index in [0.29, 0.717) is 0 Å². The predicted octanol–water partition coefficient (Wildman–Crippen LogP) is 9.03. The lowest BCUT2D eigenvalue weighted by molar-refractivity contribution is 0.389. The summed E-state index contributed by atoms with van der Waals surface area (Å²) in [6, 6.07) is 6.04. The van der Waals surface area contributed by atoms with Crippen molar-refractivity contribution in [2.75, 3.05) is 11.1 Å². The summed E-state index contributed by atoms with van der Waals surface area (Å²) in [4.78, 5) is 12.1. The van der Waals surface area contributed by atoms with Gasteiger partial charge in [-0.2, -0.15) is 0 Å². The number of H-pyrrole nitrogens is 1. The van der Waals surface area contributed by atoms with Gasteiger partial charge in [-0.05, 0) is 55.1 Å². The fraction of sp³-hybridized carbons (Fsp3) is 0.655. The fourth-order valence-electron chi connectivity index (χ4n) is 4.34. The van der Waals surface area contributed by atoms with Crippen LogP contribution in [0.3, 0.4) is 0 Å². The molecule has 0 fully saturated rings. The lowest BCUT2D eigenvalue weighted by Crippen LogP contribution is -2.15. The van der Waals surface area contributed by atoms with Gasteiger partial charge >= 0.3 is 0 Å². The molecular formula is C29H48N4S. The molecule has 0 radical (unpaired) electrons. The van der Waals surface area contributed by atoms with Crippen molar-refractivity contribution in [3.8, 4) is 0 Å². The first-order valence-electron chi connectivity index (χ1n) is 13.4. The van der Waals surface area contributed by atoms with Crippen molar-refractivity contribution in [2.45, 2.75) is 98.4 Å². The Labute approximate surface area is 213 Å². The van der Waals surface area contributed by atoms with E-state index in [4.69, 9.17) is 0 Å². The van der Waals surface area contributed by atoms with Gasteiger partial charge in [-0.1, -0.05) is 84.3 Å². The Bertz CT molecular complexity index is 773. The highest BCUT2D eigenvalue weighted by atomic mass is 32.2. The van der Waals surface area contributed by atoms with Gasteiger partial charge in [0, 0.05) is 24.3 Å². The highest BCUT2D eigenvalue weighted by molar-refractivity contribution is 8.02. The Morgan fingerprint density at radius 2 is 1.65 bits per heavy atom. The van der Waals surface area contributed by atoms with Crippen molar-refractivity contribution in [1.29, 1.82) is 0 Å². The number of nitrogens with one attached hydrogen (secondary N) is 2. The summed E-state index contributed by atoms with van der Waals surface area (Å²) in [5.41, 5.74) is 1.48. The third-order valence-electron chi connectivity index (χ3n) is 6.52. The van der Waals surface area contributed by atoms with Crippen molar-refractivity contribution in [2.24, 2.45) is 17.8 Å². The van der Waals surface area contributed by atoms with Crippen LogP contribution in [0.1, 0.15) is 104 Å². The second-order valence-electron chi connectivity index (χ2n) is 10.5. The Kier molecular flexibility index (Phi) is 14.1. The quantitative estimate of drug-likeness (QED) is 0.221. The van der Waals surface area contributed by atoms with Gasteiger partial charge in [-0.3, -0.25) is 0 Å². The number of hydrogen-bond donors (Lipinski definition) is 2. The largest absolute Gasteiger partial charge is 0.359 e. The van der Waals surface area contributed by atoms with Gasteiger partial charge < -0.3 is 10.3 Å². The van der Waals surface area contributed by atoms with Crippen molar-refractivity contribution in [3.05, 3.63) is 53.6 Å². The first-order chi connectivity index (χ1) is 16.4. The number of imidazole rings is 1. The number of hydrogen-bond acceptors (Lipinski definition) is 4. The molecule has 0 bridgehead atoms. The maximum absolute atomic E-state index is 4.46. The van der Waals surface area contributed by atoms with Crippen LogP contribution in [-0.4, -0.2) is 20.7 Å². The molecule has 0 saturated heterocycles. The minimum absolute atomic E-state index is 0.103. The molecule has 2 aromatic heterocycles. The Morgan fingerprint density at radius 1 is 0.941 bits per heavy atom. The van der Waals surface area contributed by atoms with Gasteiger partial charge in [-0.25, -0.2) is 9.97 Å². The first kappa shape index (κ1) is 28.5. The molecule has 3 atom stereocenters. The zero-order chi connectivity index (χ0) is 24.6. The van der Waals surface area contributed by atoms with E-state index < -0.39 is 0 Å². The molecule has 2 aromatic rings. The highest BCUT2D eigenvalue weighted by Crippen LogP contribution is 2.24. The van der Waals surface area contributed by atoms with Crippen LogP contribution in [-0.2, 0) is 0 Å². The topological polar surface area (TPSA) is 53.6 Å². The van der Waals surface area contributed by atoms with Crippen LogP contribution in [0, 0.1) is 17.8 Å². The average Bonchev–Trinajstić information content (AvgIpc) is 3.34. The van der Waals surface area contributed by atoms with Gasteiger partial charge in [0.1, 0.15) is 11.6 Å². The van der Waals surface area contributed by atoms with Gasteiger partial charge in [0.2, 0.25) is 0 Å². The van der Waals surface area contributed by atoms with E-state index in [9.17, 15) is 0 Å². The summed E-state index contributed by atoms with van der Waals surface area (Å²) in [5.74, 6) is 5.33. The Balaban J connectivity index is 1.62. The molecule has 2 rings (SSSR count). The van der Waals surface area contributed by atoms with Gasteiger partial charge in [0.05, 0.1) is 6.04 Å². The third kappa shape index (κ3) is 12.6. The minimum Gasteiger partial charge on any atom is -0.359 e. The molecule has 3 unspecified atom stereocenters. The molecular weight excluding hydrogens is 436 g/mol. The van der Waals surface area contributed by atoms with Gasteiger partial charge in [-0.15, -0.1) is 11.8 Å². The number of rotatable bonds is 18. The van der Waals surface area contributed by atoms with Crippen molar-refractivity contribution in [3.63, 3.8) is 0 Å². The van der Waals surface area contributed by atoms with Crippen LogP contribution >= 0.6 is 11.8 Å². The lowest BCUT2D eigenvalue weighted by Gasteiger charge is -2.16. The van der Waals surface area contributed by atoms with E-state index >= 15 is 0 Å². The number of aromatic amines is 1. The summed E-state index contributed by atoms with van der Waals surface area (Å²) in [7, 11) is 0.